The lowest BCUT2D eigenvalue weighted by Gasteiger charge is -2.18. The minimum Gasteiger partial charge on any atom is -0.373 e. The molecule has 0 radical (unpaired) electrons. The van der Waals surface area contributed by atoms with Gasteiger partial charge < -0.3 is 10.5 Å². The first-order valence-electron chi connectivity index (χ1n) is 6.26. The van der Waals surface area contributed by atoms with E-state index in [0.717, 1.165) is 19.3 Å². The Balaban J connectivity index is 2.00. The second-order valence-corrected chi connectivity index (χ2v) is 4.66. The zero-order chi connectivity index (χ0) is 13.0. The van der Waals surface area contributed by atoms with Gasteiger partial charge >= 0.3 is 0 Å². The number of ether oxygens (including phenoxy) is 1. The summed E-state index contributed by atoms with van der Waals surface area (Å²) in [6, 6.07) is 6.71. The molecule has 1 aliphatic rings. The van der Waals surface area contributed by atoms with E-state index >= 15 is 0 Å². The average molecular weight is 250 g/mol. The van der Waals surface area contributed by atoms with Crippen LogP contribution in [0, 0.1) is 16.0 Å². The molecule has 98 valence electrons. The first-order chi connectivity index (χ1) is 8.72. The van der Waals surface area contributed by atoms with Crippen molar-refractivity contribution >= 4 is 5.69 Å². The minimum atomic E-state index is -0.367. The molecule has 0 aliphatic heterocycles. The molecule has 0 heterocycles. The molecular formula is C13H18N2O3. The molecule has 5 heteroatoms. The Hall–Kier alpha value is -1.46. The summed E-state index contributed by atoms with van der Waals surface area (Å²) in [5.41, 5.74) is 6.44. The number of rotatable bonds is 5. The largest absolute Gasteiger partial charge is 0.373 e. The van der Waals surface area contributed by atoms with Gasteiger partial charge in [-0.1, -0.05) is 18.6 Å². The maximum absolute atomic E-state index is 10.9. The first-order valence-corrected chi connectivity index (χ1v) is 6.26. The molecule has 1 aromatic rings. The zero-order valence-corrected chi connectivity index (χ0v) is 10.2. The Labute approximate surface area is 106 Å². The van der Waals surface area contributed by atoms with Crippen LogP contribution in [0.4, 0.5) is 5.69 Å². The van der Waals surface area contributed by atoms with Crippen LogP contribution >= 0.6 is 0 Å². The second kappa shape index (κ2) is 5.93. The molecule has 0 bridgehead atoms. The molecule has 2 unspecified atom stereocenters. The number of hydrogen-bond donors (Lipinski definition) is 1. The number of nitro groups is 1. The lowest BCUT2D eigenvalue weighted by molar-refractivity contribution is -0.386. The van der Waals surface area contributed by atoms with Crippen LogP contribution in [0.2, 0.25) is 0 Å². The SMILES string of the molecule is NCC1CCCC1OCc1ccccc1[N+](=O)[O-]. The zero-order valence-electron chi connectivity index (χ0n) is 10.2. The standard InChI is InChI=1S/C13H18N2O3/c14-8-10-5-3-7-13(10)18-9-11-4-1-2-6-12(11)15(16)17/h1-2,4,6,10,13H,3,5,7-9,14H2. The van der Waals surface area contributed by atoms with Crippen LogP contribution in [0.1, 0.15) is 24.8 Å². The van der Waals surface area contributed by atoms with Crippen molar-refractivity contribution in [2.45, 2.75) is 32.0 Å². The maximum atomic E-state index is 10.9. The fraction of sp³-hybridized carbons (Fsp3) is 0.538. The van der Waals surface area contributed by atoms with Crippen molar-refractivity contribution in [1.29, 1.82) is 0 Å². The van der Waals surface area contributed by atoms with Crippen molar-refractivity contribution in [3.8, 4) is 0 Å². The molecule has 0 spiro atoms. The molecule has 0 saturated heterocycles. The van der Waals surface area contributed by atoms with E-state index in [-0.39, 0.29) is 23.3 Å². The number of nitrogens with two attached hydrogens (primary N) is 1. The van der Waals surface area contributed by atoms with Crippen molar-refractivity contribution < 1.29 is 9.66 Å². The summed E-state index contributed by atoms with van der Waals surface area (Å²) in [6.07, 6.45) is 3.37. The molecule has 2 rings (SSSR count). The third-order valence-electron chi connectivity index (χ3n) is 3.53. The third kappa shape index (κ3) is 2.86. The number of benzene rings is 1. The maximum Gasteiger partial charge on any atom is 0.274 e. The predicted molar refractivity (Wildman–Crippen MR) is 68.1 cm³/mol. The van der Waals surface area contributed by atoms with Crippen LogP contribution in [-0.2, 0) is 11.3 Å². The summed E-state index contributed by atoms with van der Waals surface area (Å²) in [6.45, 7) is 0.917. The molecule has 2 atom stereocenters. The fourth-order valence-electron chi connectivity index (χ4n) is 2.50. The van der Waals surface area contributed by atoms with Gasteiger partial charge in [-0.05, 0) is 31.4 Å². The van der Waals surface area contributed by atoms with Crippen LogP contribution in [0.5, 0.6) is 0 Å². The lowest BCUT2D eigenvalue weighted by Crippen LogP contribution is -2.25. The van der Waals surface area contributed by atoms with Crippen LogP contribution in [0.15, 0.2) is 24.3 Å². The smallest absolute Gasteiger partial charge is 0.274 e. The van der Waals surface area contributed by atoms with Gasteiger partial charge in [0.2, 0.25) is 0 Å². The quantitative estimate of drug-likeness (QED) is 0.642. The molecule has 18 heavy (non-hydrogen) atoms. The van der Waals surface area contributed by atoms with Gasteiger partial charge in [0.05, 0.1) is 23.2 Å². The Morgan fingerprint density at radius 2 is 2.17 bits per heavy atom. The predicted octanol–water partition coefficient (Wildman–Crippen LogP) is 2.24. The Bertz CT molecular complexity index is 422. The van der Waals surface area contributed by atoms with Crippen LogP contribution < -0.4 is 5.73 Å². The Morgan fingerprint density at radius 1 is 1.39 bits per heavy atom. The molecular weight excluding hydrogens is 232 g/mol. The fourth-order valence-corrected chi connectivity index (χ4v) is 2.50. The van der Waals surface area contributed by atoms with Crippen LogP contribution in [0.25, 0.3) is 0 Å². The highest BCUT2D eigenvalue weighted by Gasteiger charge is 2.27. The third-order valence-corrected chi connectivity index (χ3v) is 3.53. The van der Waals surface area contributed by atoms with E-state index in [1.807, 2.05) is 0 Å². The molecule has 1 aliphatic carbocycles. The van der Waals surface area contributed by atoms with Gasteiger partial charge in [-0.15, -0.1) is 0 Å². The minimum absolute atomic E-state index is 0.125. The molecule has 5 nitrogen and oxygen atoms in total. The summed E-state index contributed by atoms with van der Waals surface area (Å²) in [7, 11) is 0. The summed E-state index contributed by atoms with van der Waals surface area (Å²) in [4.78, 5) is 10.5. The van der Waals surface area contributed by atoms with E-state index < -0.39 is 0 Å². The van der Waals surface area contributed by atoms with E-state index in [1.54, 1.807) is 18.2 Å². The Kier molecular flexibility index (Phi) is 4.28. The average Bonchev–Trinajstić information content (AvgIpc) is 2.84. The van der Waals surface area contributed by atoms with E-state index in [9.17, 15) is 10.1 Å². The van der Waals surface area contributed by atoms with Crippen molar-refractivity contribution in [2.75, 3.05) is 6.54 Å². The van der Waals surface area contributed by atoms with Gasteiger partial charge in [-0.3, -0.25) is 10.1 Å². The summed E-state index contributed by atoms with van der Waals surface area (Å²) in [5.74, 6) is 0.396. The highest BCUT2D eigenvalue weighted by Crippen LogP contribution is 2.29. The second-order valence-electron chi connectivity index (χ2n) is 4.66. The number of para-hydroxylation sites is 1. The lowest BCUT2D eigenvalue weighted by atomic mass is 10.1. The van der Waals surface area contributed by atoms with Gasteiger partial charge in [-0.25, -0.2) is 0 Å². The number of hydrogen-bond acceptors (Lipinski definition) is 4. The monoisotopic (exact) mass is 250 g/mol. The van der Waals surface area contributed by atoms with Crippen molar-refractivity contribution in [2.24, 2.45) is 11.7 Å². The van der Waals surface area contributed by atoms with E-state index in [2.05, 4.69) is 0 Å². The Morgan fingerprint density at radius 3 is 2.89 bits per heavy atom. The van der Waals surface area contributed by atoms with Gasteiger partial charge in [0.1, 0.15) is 0 Å². The molecule has 0 aromatic heterocycles. The first kappa shape index (κ1) is 13.0. The van der Waals surface area contributed by atoms with E-state index in [0.29, 0.717) is 18.0 Å². The summed E-state index contributed by atoms with van der Waals surface area (Å²) < 4.78 is 5.80. The van der Waals surface area contributed by atoms with Gasteiger partial charge in [-0.2, -0.15) is 0 Å². The highest BCUT2D eigenvalue weighted by molar-refractivity contribution is 5.39. The highest BCUT2D eigenvalue weighted by atomic mass is 16.6. The number of nitro benzene ring substituents is 1. The van der Waals surface area contributed by atoms with Crippen LogP contribution in [-0.4, -0.2) is 17.6 Å². The van der Waals surface area contributed by atoms with Crippen molar-refractivity contribution in [3.63, 3.8) is 0 Å². The molecule has 1 fully saturated rings. The van der Waals surface area contributed by atoms with Gasteiger partial charge in [0.15, 0.2) is 0 Å². The van der Waals surface area contributed by atoms with Crippen molar-refractivity contribution in [3.05, 3.63) is 39.9 Å². The normalized spacial score (nSPS) is 23.2. The number of nitrogens with zero attached hydrogens (tertiary/aromatic N) is 1. The van der Waals surface area contributed by atoms with E-state index in [4.69, 9.17) is 10.5 Å². The molecule has 1 saturated carbocycles. The summed E-state index contributed by atoms with van der Waals surface area (Å²) >= 11 is 0. The molecule has 2 N–H and O–H groups in total. The van der Waals surface area contributed by atoms with E-state index in [1.165, 1.54) is 6.07 Å². The molecule has 0 amide bonds. The van der Waals surface area contributed by atoms with Crippen LogP contribution in [0.3, 0.4) is 0 Å². The molecule has 1 aromatic carbocycles. The van der Waals surface area contributed by atoms with Gasteiger partial charge in [0, 0.05) is 6.07 Å². The summed E-state index contributed by atoms with van der Waals surface area (Å²) in [5, 5.41) is 10.9. The topological polar surface area (TPSA) is 78.4 Å². The van der Waals surface area contributed by atoms with Gasteiger partial charge in [0.25, 0.3) is 5.69 Å². The van der Waals surface area contributed by atoms with Crippen molar-refractivity contribution in [1.82, 2.24) is 0 Å².